The van der Waals surface area contributed by atoms with Gasteiger partial charge in [0.15, 0.2) is 24.3 Å². The van der Waals surface area contributed by atoms with Gasteiger partial charge in [0.1, 0.15) is 5.75 Å². The normalized spacial score (nSPS) is 15.2. The van der Waals surface area contributed by atoms with Crippen LogP contribution in [0.25, 0.3) is 0 Å². The molecule has 1 unspecified atom stereocenters. The fraction of sp³-hybridized carbons (Fsp3) is 0.300. The Kier molecular flexibility index (Phi) is 5.80. The Balaban J connectivity index is 1.80. The Labute approximate surface area is 157 Å². The smallest absolute Gasteiger partial charge is 0.344 e. The standard InChI is InChI=1S/C20H21NO6/c1-3-24-17-11-13(9-10-16(17)26-12-18(22)25-4-2)20-21-19(23)14-7-5-6-8-15(14)27-20/h5-11,20H,3-4,12H2,1-2H3,(H,21,23). The lowest BCUT2D eigenvalue weighted by atomic mass is 10.1. The first kappa shape index (κ1) is 18.6. The first-order valence-electron chi connectivity index (χ1n) is 8.74. The highest BCUT2D eigenvalue weighted by Crippen LogP contribution is 2.34. The zero-order valence-electron chi connectivity index (χ0n) is 15.2. The molecule has 7 nitrogen and oxygen atoms in total. The monoisotopic (exact) mass is 371 g/mol. The maximum absolute atomic E-state index is 12.3. The predicted octanol–water partition coefficient (Wildman–Crippen LogP) is 2.85. The molecule has 142 valence electrons. The minimum absolute atomic E-state index is 0.206. The van der Waals surface area contributed by atoms with E-state index in [2.05, 4.69) is 5.32 Å². The van der Waals surface area contributed by atoms with E-state index in [-0.39, 0.29) is 12.5 Å². The molecular formula is C20H21NO6. The van der Waals surface area contributed by atoms with Crippen molar-refractivity contribution in [3.05, 3.63) is 53.6 Å². The average Bonchev–Trinajstić information content (AvgIpc) is 2.67. The van der Waals surface area contributed by atoms with Crippen LogP contribution in [0.15, 0.2) is 42.5 Å². The van der Waals surface area contributed by atoms with E-state index >= 15 is 0 Å². The molecule has 1 amide bonds. The Morgan fingerprint density at radius 1 is 1.07 bits per heavy atom. The summed E-state index contributed by atoms with van der Waals surface area (Å²) in [6.07, 6.45) is -0.647. The molecule has 7 heteroatoms. The summed E-state index contributed by atoms with van der Waals surface area (Å²) in [5.74, 6) is 0.727. The summed E-state index contributed by atoms with van der Waals surface area (Å²) in [6, 6.07) is 12.2. The van der Waals surface area contributed by atoms with E-state index in [9.17, 15) is 9.59 Å². The van der Waals surface area contributed by atoms with Gasteiger partial charge < -0.3 is 24.3 Å². The van der Waals surface area contributed by atoms with Crippen LogP contribution in [-0.2, 0) is 9.53 Å². The number of benzene rings is 2. The predicted molar refractivity (Wildman–Crippen MR) is 97.0 cm³/mol. The first-order valence-corrected chi connectivity index (χ1v) is 8.74. The summed E-state index contributed by atoms with van der Waals surface area (Å²) in [4.78, 5) is 23.8. The SMILES string of the molecule is CCOC(=O)COc1ccc(C2NC(=O)c3ccccc3O2)cc1OCC. The summed E-state index contributed by atoms with van der Waals surface area (Å²) in [7, 11) is 0. The summed E-state index contributed by atoms with van der Waals surface area (Å²) >= 11 is 0. The van der Waals surface area contributed by atoms with Crippen molar-refractivity contribution in [1.82, 2.24) is 5.32 Å². The van der Waals surface area contributed by atoms with Crippen molar-refractivity contribution in [2.75, 3.05) is 19.8 Å². The van der Waals surface area contributed by atoms with Crippen molar-refractivity contribution in [3.63, 3.8) is 0 Å². The molecule has 1 aliphatic heterocycles. The molecule has 2 aromatic carbocycles. The third kappa shape index (κ3) is 4.31. The lowest BCUT2D eigenvalue weighted by Crippen LogP contribution is -2.36. The van der Waals surface area contributed by atoms with E-state index in [0.29, 0.717) is 41.6 Å². The van der Waals surface area contributed by atoms with Crippen LogP contribution in [0.5, 0.6) is 17.2 Å². The number of nitrogens with one attached hydrogen (secondary N) is 1. The van der Waals surface area contributed by atoms with Gasteiger partial charge in [0.05, 0.1) is 18.8 Å². The van der Waals surface area contributed by atoms with Crippen LogP contribution in [-0.4, -0.2) is 31.7 Å². The lowest BCUT2D eigenvalue weighted by Gasteiger charge is -2.27. The number of esters is 1. The quantitative estimate of drug-likeness (QED) is 0.754. The molecule has 0 radical (unpaired) electrons. The van der Waals surface area contributed by atoms with Gasteiger partial charge in [-0.3, -0.25) is 4.79 Å². The molecule has 1 atom stereocenters. The van der Waals surface area contributed by atoms with Gasteiger partial charge in [0, 0.05) is 5.56 Å². The van der Waals surface area contributed by atoms with Crippen molar-refractivity contribution in [3.8, 4) is 17.2 Å². The Hall–Kier alpha value is -3.22. The summed E-state index contributed by atoms with van der Waals surface area (Å²) < 4.78 is 21.9. The Bertz CT molecular complexity index is 835. The molecule has 0 aromatic heterocycles. The fourth-order valence-corrected chi connectivity index (χ4v) is 2.68. The Morgan fingerprint density at radius 3 is 2.67 bits per heavy atom. The molecule has 0 spiro atoms. The third-order valence-electron chi connectivity index (χ3n) is 3.86. The summed E-state index contributed by atoms with van der Waals surface area (Å²) in [5.41, 5.74) is 1.19. The van der Waals surface area contributed by atoms with E-state index in [4.69, 9.17) is 18.9 Å². The molecule has 3 rings (SSSR count). The molecule has 0 bridgehead atoms. The van der Waals surface area contributed by atoms with Crippen LogP contribution in [0.4, 0.5) is 0 Å². The van der Waals surface area contributed by atoms with Crippen molar-refractivity contribution in [2.24, 2.45) is 0 Å². The number of para-hydroxylation sites is 1. The van der Waals surface area contributed by atoms with Gasteiger partial charge in [-0.25, -0.2) is 4.79 Å². The van der Waals surface area contributed by atoms with Crippen LogP contribution in [0, 0.1) is 0 Å². The zero-order chi connectivity index (χ0) is 19.2. The molecule has 0 saturated carbocycles. The lowest BCUT2D eigenvalue weighted by molar-refractivity contribution is -0.145. The van der Waals surface area contributed by atoms with Gasteiger partial charge in [-0.15, -0.1) is 0 Å². The largest absolute Gasteiger partial charge is 0.490 e. The number of hydrogen-bond donors (Lipinski definition) is 1. The molecule has 27 heavy (non-hydrogen) atoms. The van der Waals surface area contributed by atoms with Gasteiger partial charge in [0.25, 0.3) is 5.91 Å². The zero-order valence-corrected chi connectivity index (χ0v) is 15.2. The summed E-state index contributed by atoms with van der Waals surface area (Å²) in [6.45, 7) is 4.07. The van der Waals surface area contributed by atoms with Crippen LogP contribution >= 0.6 is 0 Å². The minimum Gasteiger partial charge on any atom is -0.490 e. The molecule has 1 aliphatic rings. The number of carbonyl (C=O) groups is 2. The average molecular weight is 371 g/mol. The minimum atomic E-state index is -0.647. The van der Waals surface area contributed by atoms with E-state index in [1.165, 1.54) is 0 Å². The highest BCUT2D eigenvalue weighted by Gasteiger charge is 2.27. The van der Waals surface area contributed by atoms with E-state index in [1.54, 1.807) is 43.3 Å². The van der Waals surface area contributed by atoms with Crippen molar-refractivity contribution >= 4 is 11.9 Å². The second-order valence-corrected chi connectivity index (χ2v) is 5.70. The number of rotatable bonds is 7. The highest BCUT2D eigenvalue weighted by atomic mass is 16.6. The van der Waals surface area contributed by atoms with Gasteiger partial charge >= 0.3 is 5.97 Å². The van der Waals surface area contributed by atoms with E-state index in [0.717, 1.165) is 0 Å². The molecule has 2 aromatic rings. The number of fused-ring (bicyclic) bond motifs is 1. The van der Waals surface area contributed by atoms with Gasteiger partial charge in [0.2, 0.25) is 0 Å². The topological polar surface area (TPSA) is 83.1 Å². The van der Waals surface area contributed by atoms with Crippen LogP contribution in [0.1, 0.15) is 36.0 Å². The van der Waals surface area contributed by atoms with E-state index < -0.39 is 12.2 Å². The second kappa shape index (κ2) is 8.44. The number of hydrogen-bond acceptors (Lipinski definition) is 6. The van der Waals surface area contributed by atoms with Crippen molar-refractivity contribution in [1.29, 1.82) is 0 Å². The van der Waals surface area contributed by atoms with Crippen LogP contribution < -0.4 is 19.5 Å². The van der Waals surface area contributed by atoms with Crippen LogP contribution in [0.3, 0.4) is 0 Å². The van der Waals surface area contributed by atoms with Crippen molar-refractivity contribution in [2.45, 2.75) is 20.1 Å². The first-order chi connectivity index (χ1) is 13.1. The van der Waals surface area contributed by atoms with Gasteiger partial charge in [-0.2, -0.15) is 0 Å². The maximum Gasteiger partial charge on any atom is 0.344 e. The van der Waals surface area contributed by atoms with Crippen LogP contribution in [0.2, 0.25) is 0 Å². The highest BCUT2D eigenvalue weighted by molar-refractivity contribution is 5.98. The summed E-state index contributed by atoms with van der Waals surface area (Å²) in [5, 5.41) is 2.81. The number of carbonyl (C=O) groups excluding carboxylic acids is 2. The molecule has 1 N–H and O–H groups in total. The second-order valence-electron chi connectivity index (χ2n) is 5.70. The number of ether oxygens (including phenoxy) is 4. The molecular weight excluding hydrogens is 350 g/mol. The fourth-order valence-electron chi connectivity index (χ4n) is 2.68. The molecule has 0 saturated heterocycles. The molecule has 0 aliphatic carbocycles. The van der Waals surface area contributed by atoms with Gasteiger partial charge in [-0.05, 0) is 44.2 Å². The Morgan fingerprint density at radius 2 is 1.89 bits per heavy atom. The molecule has 1 heterocycles. The van der Waals surface area contributed by atoms with Crippen molar-refractivity contribution < 1.29 is 28.5 Å². The molecule has 0 fully saturated rings. The third-order valence-corrected chi connectivity index (χ3v) is 3.86. The maximum atomic E-state index is 12.3. The van der Waals surface area contributed by atoms with E-state index in [1.807, 2.05) is 13.0 Å². The van der Waals surface area contributed by atoms with Gasteiger partial charge in [-0.1, -0.05) is 12.1 Å². The number of amides is 1.